The number of nitrogens with zero attached hydrogens (tertiary/aromatic N) is 2. The van der Waals surface area contributed by atoms with Crippen molar-refractivity contribution in [1.29, 1.82) is 0 Å². The summed E-state index contributed by atoms with van der Waals surface area (Å²) in [6.07, 6.45) is 0. The summed E-state index contributed by atoms with van der Waals surface area (Å²) in [5.74, 6) is 0.705. The Morgan fingerprint density at radius 2 is 0.847 bits per heavy atom. The first-order valence-corrected chi connectivity index (χ1v) is 20.4. The maximum atomic E-state index is 5.26. The first-order chi connectivity index (χ1) is 29.0. The van der Waals surface area contributed by atoms with Crippen molar-refractivity contribution in [3.05, 3.63) is 217 Å². The van der Waals surface area contributed by atoms with E-state index in [1.165, 1.54) is 60.7 Å². The van der Waals surface area contributed by atoms with Crippen LogP contribution in [-0.2, 0) is 5.41 Å². The molecule has 0 saturated heterocycles. The lowest BCUT2D eigenvalue weighted by atomic mass is 9.78. The Balaban J connectivity index is 1.02. The number of hydrogen-bond donors (Lipinski definition) is 0. The molecule has 0 N–H and O–H groups in total. The van der Waals surface area contributed by atoms with Crippen molar-refractivity contribution in [2.24, 2.45) is 0 Å². The summed E-state index contributed by atoms with van der Waals surface area (Å²) in [5, 5.41) is 4.95. The Kier molecular flexibility index (Phi) is 8.20. The van der Waals surface area contributed by atoms with Gasteiger partial charge in [0.1, 0.15) is 0 Å². The van der Waals surface area contributed by atoms with E-state index in [0.717, 1.165) is 44.6 Å². The van der Waals surface area contributed by atoms with Crippen LogP contribution in [-0.4, -0.2) is 9.97 Å². The van der Waals surface area contributed by atoms with Crippen LogP contribution in [0.15, 0.2) is 206 Å². The topological polar surface area (TPSA) is 25.8 Å². The summed E-state index contributed by atoms with van der Waals surface area (Å²) >= 11 is 0. The summed E-state index contributed by atoms with van der Waals surface area (Å²) in [7, 11) is 0. The van der Waals surface area contributed by atoms with Gasteiger partial charge >= 0.3 is 0 Å². The fourth-order valence-electron chi connectivity index (χ4n) is 9.51. The molecule has 278 valence electrons. The average Bonchev–Trinajstić information content (AvgIpc) is 3.55. The molecule has 1 aliphatic rings. The smallest absolute Gasteiger partial charge is 0.160 e. The SMILES string of the molecule is CC1(C)c2ccc3ccccc3c2-c2cccc(-c3ccc(-c4ccc(-c5cc(-c6ccccc6-c6ccccc6)nc(-c6ccccc6)n5)c5ccccc45)cc3)c21. The van der Waals surface area contributed by atoms with E-state index in [0.29, 0.717) is 5.82 Å². The zero-order valence-corrected chi connectivity index (χ0v) is 33.0. The predicted molar refractivity (Wildman–Crippen MR) is 247 cm³/mol. The van der Waals surface area contributed by atoms with E-state index < -0.39 is 0 Å². The quantitative estimate of drug-likeness (QED) is 0.169. The molecule has 0 aliphatic heterocycles. The molecule has 0 bridgehead atoms. The lowest BCUT2D eigenvalue weighted by molar-refractivity contribution is 0.662. The van der Waals surface area contributed by atoms with Gasteiger partial charge in [-0.05, 0) is 83.2 Å². The molecule has 0 radical (unpaired) electrons. The fraction of sp³-hybridized carbons (Fsp3) is 0.0526. The summed E-state index contributed by atoms with van der Waals surface area (Å²) in [5.41, 5.74) is 17.5. The van der Waals surface area contributed by atoms with Gasteiger partial charge in [-0.25, -0.2) is 9.97 Å². The van der Waals surface area contributed by atoms with E-state index in [4.69, 9.17) is 9.97 Å². The van der Waals surface area contributed by atoms with Crippen LogP contribution in [0.25, 0.3) is 100.0 Å². The second-order valence-corrected chi connectivity index (χ2v) is 16.1. The maximum absolute atomic E-state index is 5.26. The number of fused-ring (bicyclic) bond motifs is 6. The highest BCUT2D eigenvalue weighted by molar-refractivity contribution is 6.06. The monoisotopic (exact) mass is 752 g/mol. The molecule has 0 atom stereocenters. The highest BCUT2D eigenvalue weighted by atomic mass is 14.9. The molecular weight excluding hydrogens is 713 g/mol. The van der Waals surface area contributed by atoms with E-state index in [2.05, 4.69) is 202 Å². The lowest BCUT2D eigenvalue weighted by Gasteiger charge is -2.24. The largest absolute Gasteiger partial charge is 0.228 e. The molecule has 2 nitrogen and oxygen atoms in total. The minimum Gasteiger partial charge on any atom is -0.228 e. The molecule has 9 aromatic carbocycles. The zero-order chi connectivity index (χ0) is 39.5. The van der Waals surface area contributed by atoms with Crippen LogP contribution in [0, 0.1) is 0 Å². The van der Waals surface area contributed by atoms with Crippen LogP contribution < -0.4 is 0 Å². The Bertz CT molecular complexity index is 3220. The van der Waals surface area contributed by atoms with Crippen molar-refractivity contribution >= 4 is 21.5 Å². The molecule has 1 aliphatic carbocycles. The van der Waals surface area contributed by atoms with Gasteiger partial charge in [0.25, 0.3) is 0 Å². The van der Waals surface area contributed by atoms with Crippen LogP contribution in [0.1, 0.15) is 25.0 Å². The molecule has 2 heteroatoms. The number of aromatic nitrogens is 2. The predicted octanol–water partition coefficient (Wildman–Crippen LogP) is 15.1. The minimum atomic E-state index is -0.124. The minimum absolute atomic E-state index is 0.124. The Morgan fingerprint density at radius 1 is 0.339 bits per heavy atom. The summed E-state index contributed by atoms with van der Waals surface area (Å²) < 4.78 is 0. The molecule has 10 aromatic rings. The standard InChI is InChI=1S/C57H40N2/c1-57(2)51-35-32-38-18-9-10-22-44(38)54(51)50-27-15-26-45(55(50)57)40-30-28-39(29-31-40)43-33-34-49(47-24-13-12-23-46(43)47)53-36-52(58-56(59-53)41-19-7-4-8-20-41)48-25-14-11-21-42(48)37-16-5-3-6-17-37/h3-36H,1-2H3. The van der Waals surface area contributed by atoms with Crippen LogP contribution in [0.4, 0.5) is 0 Å². The number of rotatable bonds is 6. The van der Waals surface area contributed by atoms with Gasteiger partial charge in [-0.2, -0.15) is 0 Å². The molecule has 0 spiro atoms. The normalized spacial score (nSPS) is 12.7. The van der Waals surface area contributed by atoms with E-state index >= 15 is 0 Å². The Morgan fingerprint density at radius 3 is 1.58 bits per heavy atom. The molecule has 59 heavy (non-hydrogen) atoms. The van der Waals surface area contributed by atoms with Gasteiger partial charge in [0.15, 0.2) is 5.82 Å². The van der Waals surface area contributed by atoms with Crippen molar-refractivity contribution in [3.63, 3.8) is 0 Å². The van der Waals surface area contributed by atoms with Gasteiger partial charge in [-0.3, -0.25) is 0 Å². The van der Waals surface area contributed by atoms with Crippen molar-refractivity contribution in [1.82, 2.24) is 9.97 Å². The van der Waals surface area contributed by atoms with E-state index in [1.807, 2.05) is 18.2 Å². The summed E-state index contributed by atoms with van der Waals surface area (Å²) in [6.45, 7) is 4.76. The molecule has 11 rings (SSSR count). The van der Waals surface area contributed by atoms with Gasteiger partial charge in [0.2, 0.25) is 0 Å². The van der Waals surface area contributed by atoms with Crippen LogP contribution >= 0.6 is 0 Å². The van der Waals surface area contributed by atoms with Crippen molar-refractivity contribution in [3.8, 4) is 78.4 Å². The lowest BCUT2D eigenvalue weighted by Crippen LogP contribution is -2.16. The Hall–Kier alpha value is -7.42. The second-order valence-electron chi connectivity index (χ2n) is 16.1. The van der Waals surface area contributed by atoms with Gasteiger partial charge in [-0.1, -0.05) is 214 Å². The molecule has 0 saturated carbocycles. The third-order valence-electron chi connectivity index (χ3n) is 12.3. The number of benzene rings is 9. The van der Waals surface area contributed by atoms with Gasteiger partial charge in [-0.15, -0.1) is 0 Å². The van der Waals surface area contributed by atoms with Crippen LogP contribution in [0.2, 0.25) is 0 Å². The van der Waals surface area contributed by atoms with E-state index in [1.54, 1.807) is 0 Å². The number of hydrogen-bond acceptors (Lipinski definition) is 2. The molecular formula is C57H40N2. The maximum Gasteiger partial charge on any atom is 0.160 e. The van der Waals surface area contributed by atoms with E-state index in [-0.39, 0.29) is 5.41 Å². The third-order valence-corrected chi connectivity index (χ3v) is 12.3. The highest BCUT2D eigenvalue weighted by Crippen LogP contribution is 2.54. The molecule has 1 heterocycles. The summed E-state index contributed by atoms with van der Waals surface area (Å²) in [4.78, 5) is 10.5. The van der Waals surface area contributed by atoms with E-state index in [9.17, 15) is 0 Å². The first kappa shape index (κ1) is 34.8. The average molecular weight is 753 g/mol. The van der Waals surface area contributed by atoms with Crippen LogP contribution in [0.3, 0.4) is 0 Å². The van der Waals surface area contributed by atoms with Gasteiger partial charge < -0.3 is 0 Å². The van der Waals surface area contributed by atoms with Crippen molar-refractivity contribution in [2.45, 2.75) is 19.3 Å². The highest BCUT2D eigenvalue weighted by Gasteiger charge is 2.38. The van der Waals surface area contributed by atoms with Gasteiger partial charge in [0.05, 0.1) is 11.4 Å². The fourth-order valence-corrected chi connectivity index (χ4v) is 9.51. The molecule has 1 aromatic heterocycles. The van der Waals surface area contributed by atoms with Crippen LogP contribution in [0.5, 0.6) is 0 Å². The zero-order valence-electron chi connectivity index (χ0n) is 33.0. The first-order valence-electron chi connectivity index (χ1n) is 20.4. The third kappa shape index (κ3) is 5.79. The molecule has 0 amide bonds. The van der Waals surface area contributed by atoms with Crippen molar-refractivity contribution in [2.75, 3.05) is 0 Å². The van der Waals surface area contributed by atoms with Gasteiger partial charge in [0, 0.05) is 22.1 Å². The molecule has 0 unspecified atom stereocenters. The second kappa shape index (κ2) is 13.9. The Labute approximate surface area is 345 Å². The molecule has 0 fully saturated rings. The summed E-state index contributed by atoms with van der Waals surface area (Å²) in [6, 6.07) is 74.2. The van der Waals surface area contributed by atoms with Crippen molar-refractivity contribution < 1.29 is 0 Å².